The summed E-state index contributed by atoms with van der Waals surface area (Å²) in [6.45, 7) is 3.93. The number of ether oxygens (including phenoxy) is 1. The molecule has 0 aliphatic carbocycles. The molecule has 2 aromatic rings. The number of thiophene rings is 1. The van der Waals surface area contributed by atoms with Gasteiger partial charge in [-0.3, -0.25) is 0 Å². The van der Waals surface area contributed by atoms with Crippen LogP contribution in [-0.2, 0) is 13.0 Å². The van der Waals surface area contributed by atoms with Gasteiger partial charge in [-0.15, -0.1) is 11.3 Å². The number of rotatable bonds is 4. The van der Waals surface area contributed by atoms with Crippen molar-refractivity contribution in [3.63, 3.8) is 0 Å². The first-order chi connectivity index (χ1) is 9.24. The Bertz CT molecular complexity index is 581. The van der Waals surface area contributed by atoms with Gasteiger partial charge in [0.2, 0.25) is 0 Å². The summed E-state index contributed by atoms with van der Waals surface area (Å²) in [5.74, 6) is 1.05. The molecule has 0 spiro atoms. The summed E-state index contributed by atoms with van der Waals surface area (Å²) in [6.07, 6.45) is 1.03. The zero-order chi connectivity index (χ0) is 13.2. The van der Waals surface area contributed by atoms with Crippen LogP contribution in [0.3, 0.4) is 0 Å². The lowest BCUT2D eigenvalue weighted by atomic mass is 10.0. The van der Waals surface area contributed by atoms with Crippen molar-refractivity contribution in [3.8, 4) is 5.75 Å². The van der Waals surface area contributed by atoms with Gasteiger partial charge in [0.15, 0.2) is 0 Å². The van der Waals surface area contributed by atoms with Crippen molar-refractivity contribution in [2.75, 3.05) is 6.61 Å². The Morgan fingerprint density at radius 2 is 2.32 bits per heavy atom. The van der Waals surface area contributed by atoms with Gasteiger partial charge in [-0.25, -0.2) is 0 Å². The molecule has 0 amide bonds. The molecule has 100 valence electrons. The number of halogens is 1. The SMILES string of the molecule is CC(NCc1sccc1Br)c1ccc2c(c1)CCO2. The monoisotopic (exact) mass is 337 g/mol. The quantitative estimate of drug-likeness (QED) is 0.898. The van der Waals surface area contributed by atoms with E-state index in [9.17, 15) is 0 Å². The van der Waals surface area contributed by atoms with Gasteiger partial charge < -0.3 is 10.1 Å². The molecule has 3 rings (SSSR count). The third-order valence-electron chi connectivity index (χ3n) is 3.47. The van der Waals surface area contributed by atoms with E-state index in [0.29, 0.717) is 6.04 Å². The minimum Gasteiger partial charge on any atom is -0.493 e. The average molecular weight is 338 g/mol. The van der Waals surface area contributed by atoms with E-state index in [1.165, 1.54) is 20.5 Å². The molecule has 1 aliphatic heterocycles. The van der Waals surface area contributed by atoms with E-state index in [4.69, 9.17) is 4.74 Å². The fraction of sp³-hybridized carbons (Fsp3) is 0.333. The van der Waals surface area contributed by atoms with Gasteiger partial charge in [0.25, 0.3) is 0 Å². The molecular weight excluding hydrogens is 322 g/mol. The van der Waals surface area contributed by atoms with Gasteiger partial charge in [0.1, 0.15) is 5.75 Å². The summed E-state index contributed by atoms with van der Waals surface area (Å²) >= 11 is 5.34. The second kappa shape index (κ2) is 5.65. The topological polar surface area (TPSA) is 21.3 Å². The number of hydrogen-bond donors (Lipinski definition) is 1. The van der Waals surface area contributed by atoms with Crippen LogP contribution in [0.25, 0.3) is 0 Å². The Hall–Kier alpha value is -0.840. The predicted molar refractivity (Wildman–Crippen MR) is 82.9 cm³/mol. The maximum atomic E-state index is 5.54. The van der Waals surface area contributed by atoms with Crippen molar-refractivity contribution in [2.24, 2.45) is 0 Å². The van der Waals surface area contributed by atoms with Crippen LogP contribution < -0.4 is 10.1 Å². The summed E-state index contributed by atoms with van der Waals surface area (Å²) in [7, 11) is 0. The van der Waals surface area contributed by atoms with Crippen LogP contribution in [0.15, 0.2) is 34.1 Å². The van der Waals surface area contributed by atoms with E-state index in [1.807, 2.05) is 0 Å². The van der Waals surface area contributed by atoms with Gasteiger partial charge >= 0.3 is 0 Å². The Labute approximate surface area is 125 Å². The lowest BCUT2D eigenvalue weighted by Gasteiger charge is -2.15. The van der Waals surface area contributed by atoms with E-state index >= 15 is 0 Å². The van der Waals surface area contributed by atoms with Gasteiger partial charge in [0.05, 0.1) is 6.61 Å². The fourth-order valence-corrected chi connectivity index (χ4v) is 3.73. The summed E-state index contributed by atoms with van der Waals surface area (Å²) in [5, 5.41) is 5.68. The van der Waals surface area contributed by atoms with Crippen molar-refractivity contribution < 1.29 is 4.74 Å². The summed E-state index contributed by atoms with van der Waals surface area (Å²) in [4.78, 5) is 1.34. The van der Waals surface area contributed by atoms with E-state index in [2.05, 4.69) is 57.8 Å². The van der Waals surface area contributed by atoms with Crippen LogP contribution in [0.4, 0.5) is 0 Å². The lowest BCUT2D eigenvalue weighted by molar-refractivity contribution is 0.356. The minimum absolute atomic E-state index is 0.347. The first-order valence-electron chi connectivity index (χ1n) is 6.45. The highest BCUT2D eigenvalue weighted by Gasteiger charge is 2.14. The van der Waals surface area contributed by atoms with Crippen LogP contribution in [0, 0.1) is 0 Å². The maximum Gasteiger partial charge on any atom is 0.122 e. The minimum atomic E-state index is 0.347. The first kappa shape index (κ1) is 13.2. The zero-order valence-corrected chi connectivity index (χ0v) is 13.2. The standard InChI is InChI=1S/C15H16BrNOS/c1-10(17-9-15-13(16)5-7-19-15)11-2-3-14-12(8-11)4-6-18-14/h2-3,5,7-8,10,17H,4,6,9H2,1H3. The molecular formula is C15H16BrNOS. The molecule has 1 aromatic carbocycles. The first-order valence-corrected chi connectivity index (χ1v) is 8.12. The third-order valence-corrected chi connectivity index (χ3v) is 5.40. The molecule has 0 fully saturated rings. The van der Waals surface area contributed by atoms with Crippen molar-refractivity contribution in [3.05, 3.63) is 50.1 Å². The molecule has 4 heteroatoms. The highest BCUT2D eigenvalue weighted by molar-refractivity contribution is 9.10. The van der Waals surface area contributed by atoms with Crippen LogP contribution in [0.2, 0.25) is 0 Å². The maximum absolute atomic E-state index is 5.54. The van der Waals surface area contributed by atoms with Crippen molar-refractivity contribution >= 4 is 27.3 Å². The van der Waals surface area contributed by atoms with Gasteiger partial charge in [-0.1, -0.05) is 12.1 Å². The Morgan fingerprint density at radius 3 is 3.11 bits per heavy atom. The fourth-order valence-electron chi connectivity index (χ4n) is 2.29. The molecule has 1 unspecified atom stereocenters. The van der Waals surface area contributed by atoms with Crippen LogP contribution in [0.5, 0.6) is 5.75 Å². The molecule has 0 saturated heterocycles. The molecule has 1 atom stereocenters. The van der Waals surface area contributed by atoms with Crippen LogP contribution in [0.1, 0.15) is 29.0 Å². The third kappa shape index (κ3) is 2.86. The summed E-state index contributed by atoms with van der Waals surface area (Å²) in [6, 6.07) is 8.96. The molecule has 0 radical (unpaired) electrons. The predicted octanol–water partition coefficient (Wildman–Crippen LogP) is 4.30. The van der Waals surface area contributed by atoms with Crippen LogP contribution in [-0.4, -0.2) is 6.61 Å². The van der Waals surface area contributed by atoms with Gasteiger partial charge in [-0.05, 0) is 51.5 Å². The summed E-state index contributed by atoms with van der Waals surface area (Å²) < 4.78 is 6.74. The molecule has 1 aliphatic rings. The summed E-state index contributed by atoms with van der Waals surface area (Å²) in [5.41, 5.74) is 2.67. The molecule has 0 saturated carbocycles. The normalized spacial score (nSPS) is 15.1. The van der Waals surface area contributed by atoms with Crippen LogP contribution >= 0.6 is 27.3 Å². The number of benzene rings is 1. The van der Waals surface area contributed by atoms with Gasteiger partial charge in [0, 0.05) is 28.4 Å². The zero-order valence-electron chi connectivity index (χ0n) is 10.8. The van der Waals surface area contributed by atoms with Gasteiger partial charge in [-0.2, -0.15) is 0 Å². The molecule has 0 bridgehead atoms. The molecule has 2 heterocycles. The second-order valence-corrected chi connectivity index (χ2v) is 6.61. The highest BCUT2D eigenvalue weighted by Crippen LogP contribution is 2.28. The Kier molecular flexibility index (Phi) is 3.91. The van der Waals surface area contributed by atoms with E-state index in [1.54, 1.807) is 11.3 Å². The number of fused-ring (bicyclic) bond motifs is 1. The van der Waals surface area contributed by atoms with Crippen molar-refractivity contribution in [2.45, 2.75) is 25.9 Å². The number of nitrogens with one attached hydrogen (secondary N) is 1. The second-order valence-electron chi connectivity index (χ2n) is 4.76. The van der Waals surface area contributed by atoms with E-state index in [-0.39, 0.29) is 0 Å². The molecule has 19 heavy (non-hydrogen) atoms. The largest absolute Gasteiger partial charge is 0.493 e. The molecule has 1 N–H and O–H groups in total. The molecule has 2 nitrogen and oxygen atoms in total. The van der Waals surface area contributed by atoms with E-state index < -0.39 is 0 Å². The lowest BCUT2D eigenvalue weighted by Crippen LogP contribution is -2.17. The van der Waals surface area contributed by atoms with Crippen molar-refractivity contribution in [1.82, 2.24) is 5.32 Å². The Morgan fingerprint density at radius 1 is 1.42 bits per heavy atom. The van der Waals surface area contributed by atoms with Crippen molar-refractivity contribution in [1.29, 1.82) is 0 Å². The molecule has 1 aromatic heterocycles. The highest BCUT2D eigenvalue weighted by atomic mass is 79.9. The Balaban J connectivity index is 1.67. The van der Waals surface area contributed by atoms with E-state index in [0.717, 1.165) is 25.3 Å². The smallest absolute Gasteiger partial charge is 0.122 e. The number of hydrogen-bond acceptors (Lipinski definition) is 3. The average Bonchev–Trinajstić information content (AvgIpc) is 3.03.